The van der Waals surface area contributed by atoms with Crippen molar-refractivity contribution in [2.75, 3.05) is 0 Å². The lowest BCUT2D eigenvalue weighted by Gasteiger charge is -2.37. The fraction of sp³-hybridized carbons (Fsp3) is 0.583. The molecule has 2 aromatic rings. The molecule has 3 N–H and O–H groups in total. The first kappa shape index (κ1) is 10.7. The first-order valence-corrected chi connectivity index (χ1v) is 6.12. The number of hydrogen-bond acceptors (Lipinski definition) is 4. The van der Waals surface area contributed by atoms with Crippen LogP contribution in [0.5, 0.6) is 0 Å². The molecule has 0 amide bonds. The van der Waals surface area contributed by atoms with Crippen molar-refractivity contribution in [3.63, 3.8) is 0 Å². The summed E-state index contributed by atoms with van der Waals surface area (Å²) in [7, 11) is 0. The third kappa shape index (κ3) is 1.61. The second-order valence-electron chi connectivity index (χ2n) is 5.12. The zero-order valence-electron chi connectivity index (χ0n) is 9.98. The van der Waals surface area contributed by atoms with Gasteiger partial charge in [0.15, 0.2) is 5.65 Å². The van der Waals surface area contributed by atoms with E-state index in [1.165, 1.54) is 19.2 Å². The van der Waals surface area contributed by atoms with Crippen molar-refractivity contribution < 1.29 is 0 Å². The lowest BCUT2D eigenvalue weighted by molar-refractivity contribution is 0.260. The van der Waals surface area contributed by atoms with Gasteiger partial charge in [-0.05, 0) is 12.8 Å². The second kappa shape index (κ2) is 3.77. The molecule has 0 aliphatic heterocycles. The number of hydrogen-bond donors (Lipinski definition) is 2. The van der Waals surface area contributed by atoms with Gasteiger partial charge >= 0.3 is 0 Å². The number of fused-ring (bicyclic) bond motifs is 1. The minimum atomic E-state index is -0.0566. The van der Waals surface area contributed by atoms with Gasteiger partial charge in [-0.15, -0.1) is 0 Å². The summed E-state index contributed by atoms with van der Waals surface area (Å²) in [4.78, 5) is 16.1. The van der Waals surface area contributed by atoms with Crippen LogP contribution in [-0.4, -0.2) is 26.0 Å². The minimum absolute atomic E-state index is 0.0566. The summed E-state index contributed by atoms with van der Waals surface area (Å²) in [6.45, 7) is 2.20. The quantitative estimate of drug-likeness (QED) is 0.779. The first-order chi connectivity index (χ1) is 8.20. The van der Waals surface area contributed by atoms with E-state index in [0.29, 0.717) is 0 Å². The van der Waals surface area contributed by atoms with Crippen LogP contribution in [0.1, 0.15) is 38.4 Å². The highest BCUT2D eigenvalue weighted by molar-refractivity contribution is 5.69. The normalized spacial score (nSPS) is 29.6. The zero-order chi connectivity index (χ0) is 11.9. The van der Waals surface area contributed by atoms with Crippen molar-refractivity contribution in [2.45, 2.75) is 44.1 Å². The number of H-pyrrole nitrogens is 1. The van der Waals surface area contributed by atoms with Crippen molar-refractivity contribution in [1.29, 1.82) is 0 Å². The third-order valence-electron chi connectivity index (χ3n) is 3.98. The standard InChI is InChI=1S/C12H17N5/c1-12(5-3-2-4-9(12)13)11-16-8-6-14-7-15-10(8)17-11/h6-7,9H,2-5,13H2,1H3,(H,14,15,16,17). The van der Waals surface area contributed by atoms with E-state index in [9.17, 15) is 0 Å². The van der Waals surface area contributed by atoms with Crippen LogP contribution in [0.2, 0.25) is 0 Å². The van der Waals surface area contributed by atoms with Gasteiger partial charge < -0.3 is 10.7 Å². The van der Waals surface area contributed by atoms with Crippen molar-refractivity contribution in [1.82, 2.24) is 19.9 Å². The predicted octanol–water partition coefficient (Wildman–Crippen LogP) is 1.51. The van der Waals surface area contributed by atoms with Gasteiger partial charge in [0.1, 0.15) is 17.7 Å². The third-order valence-corrected chi connectivity index (χ3v) is 3.98. The van der Waals surface area contributed by atoms with Crippen LogP contribution in [0, 0.1) is 0 Å². The van der Waals surface area contributed by atoms with Gasteiger partial charge in [0.05, 0.1) is 6.20 Å². The van der Waals surface area contributed by atoms with E-state index in [4.69, 9.17) is 5.73 Å². The maximum atomic E-state index is 6.27. The Labute approximate surface area is 99.9 Å². The highest BCUT2D eigenvalue weighted by Crippen LogP contribution is 2.37. The van der Waals surface area contributed by atoms with Gasteiger partial charge in [0.2, 0.25) is 0 Å². The Morgan fingerprint density at radius 3 is 3.12 bits per heavy atom. The molecule has 2 unspecified atom stereocenters. The number of rotatable bonds is 1. The Bertz CT molecular complexity index is 501. The lowest BCUT2D eigenvalue weighted by Crippen LogP contribution is -2.46. The molecule has 5 nitrogen and oxygen atoms in total. The number of aromatic amines is 1. The maximum Gasteiger partial charge on any atom is 0.180 e. The van der Waals surface area contributed by atoms with E-state index < -0.39 is 0 Å². The fourth-order valence-corrected chi connectivity index (χ4v) is 2.69. The van der Waals surface area contributed by atoms with Crippen LogP contribution in [0.4, 0.5) is 0 Å². The molecule has 1 aliphatic rings. The van der Waals surface area contributed by atoms with Gasteiger partial charge in [-0.25, -0.2) is 15.0 Å². The Kier molecular flexibility index (Phi) is 2.36. The van der Waals surface area contributed by atoms with E-state index in [-0.39, 0.29) is 11.5 Å². The zero-order valence-corrected chi connectivity index (χ0v) is 9.98. The molecular formula is C12H17N5. The van der Waals surface area contributed by atoms with Crippen LogP contribution in [-0.2, 0) is 5.41 Å². The van der Waals surface area contributed by atoms with Crippen molar-refractivity contribution in [2.24, 2.45) is 5.73 Å². The summed E-state index contributed by atoms with van der Waals surface area (Å²) in [5.41, 5.74) is 7.84. The van der Waals surface area contributed by atoms with Crippen molar-refractivity contribution >= 4 is 11.2 Å². The SMILES string of the molecule is CC1(c2nc3ncncc3[nH]2)CCCCC1N. The molecule has 17 heavy (non-hydrogen) atoms. The summed E-state index contributed by atoms with van der Waals surface area (Å²) in [6.07, 6.45) is 7.87. The molecule has 0 radical (unpaired) electrons. The van der Waals surface area contributed by atoms with Crippen LogP contribution in [0.15, 0.2) is 12.5 Å². The number of aromatic nitrogens is 4. The number of nitrogens with zero attached hydrogens (tertiary/aromatic N) is 3. The maximum absolute atomic E-state index is 6.27. The van der Waals surface area contributed by atoms with Crippen LogP contribution in [0.25, 0.3) is 11.2 Å². The monoisotopic (exact) mass is 231 g/mol. The molecule has 90 valence electrons. The number of imidazole rings is 1. The van der Waals surface area contributed by atoms with Crippen LogP contribution in [0.3, 0.4) is 0 Å². The van der Waals surface area contributed by atoms with Gasteiger partial charge in [-0.3, -0.25) is 0 Å². The van der Waals surface area contributed by atoms with E-state index in [1.807, 2.05) is 0 Å². The molecule has 0 saturated heterocycles. The molecule has 1 saturated carbocycles. The van der Waals surface area contributed by atoms with Crippen LogP contribution >= 0.6 is 0 Å². The molecule has 5 heteroatoms. The average molecular weight is 231 g/mol. The molecule has 0 spiro atoms. The van der Waals surface area contributed by atoms with Crippen molar-refractivity contribution in [3.8, 4) is 0 Å². The molecule has 2 heterocycles. The van der Waals surface area contributed by atoms with Gasteiger partial charge in [0, 0.05) is 11.5 Å². The Morgan fingerprint density at radius 2 is 2.35 bits per heavy atom. The van der Waals surface area contributed by atoms with E-state index >= 15 is 0 Å². The van der Waals surface area contributed by atoms with Crippen molar-refractivity contribution in [3.05, 3.63) is 18.3 Å². The summed E-state index contributed by atoms with van der Waals surface area (Å²) in [6, 6.07) is 0.171. The topological polar surface area (TPSA) is 80.5 Å². The molecule has 2 aromatic heterocycles. The Balaban J connectivity index is 2.07. The number of nitrogens with two attached hydrogens (primary N) is 1. The van der Waals surface area contributed by atoms with Gasteiger partial charge in [0.25, 0.3) is 0 Å². The molecule has 1 aliphatic carbocycles. The molecule has 0 aromatic carbocycles. The fourth-order valence-electron chi connectivity index (χ4n) is 2.69. The summed E-state index contributed by atoms with van der Waals surface area (Å²) >= 11 is 0. The summed E-state index contributed by atoms with van der Waals surface area (Å²) in [5, 5.41) is 0. The minimum Gasteiger partial charge on any atom is -0.339 e. The smallest absolute Gasteiger partial charge is 0.180 e. The molecule has 3 rings (SSSR count). The molecule has 1 fully saturated rings. The average Bonchev–Trinajstić information content (AvgIpc) is 2.77. The lowest BCUT2D eigenvalue weighted by atomic mass is 9.71. The summed E-state index contributed by atoms with van der Waals surface area (Å²) in [5.74, 6) is 0.959. The highest BCUT2D eigenvalue weighted by atomic mass is 15.0. The number of nitrogens with one attached hydrogen (secondary N) is 1. The summed E-state index contributed by atoms with van der Waals surface area (Å²) < 4.78 is 0. The predicted molar refractivity (Wildman–Crippen MR) is 65.5 cm³/mol. The van der Waals surface area contributed by atoms with Gasteiger partial charge in [-0.1, -0.05) is 19.8 Å². The largest absolute Gasteiger partial charge is 0.339 e. The second-order valence-corrected chi connectivity index (χ2v) is 5.12. The highest BCUT2D eigenvalue weighted by Gasteiger charge is 2.38. The van der Waals surface area contributed by atoms with E-state index in [1.54, 1.807) is 6.20 Å². The Hall–Kier alpha value is -1.49. The molecule has 0 bridgehead atoms. The van der Waals surface area contributed by atoms with E-state index in [0.717, 1.165) is 29.8 Å². The Morgan fingerprint density at radius 1 is 1.47 bits per heavy atom. The van der Waals surface area contributed by atoms with Gasteiger partial charge in [-0.2, -0.15) is 0 Å². The molecule has 2 atom stereocenters. The van der Waals surface area contributed by atoms with E-state index in [2.05, 4.69) is 26.9 Å². The molecular weight excluding hydrogens is 214 g/mol. The van der Waals surface area contributed by atoms with Crippen LogP contribution < -0.4 is 5.73 Å². The first-order valence-electron chi connectivity index (χ1n) is 6.12.